The number of nitrogens with two attached hydrogens (primary N) is 1. The summed E-state index contributed by atoms with van der Waals surface area (Å²) in [6, 6.07) is 16.0. The van der Waals surface area contributed by atoms with Crippen molar-refractivity contribution < 1.29 is 4.79 Å². The molecule has 0 radical (unpaired) electrons. The number of amides is 1. The SMILES string of the molecule is Cc1cccc(N2CCN(c3ncnc(NNC(=O)Cc4ccccc4)c3N)CC2)c1C. The Morgan fingerprint density at radius 1 is 0.969 bits per heavy atom. The van der Waals surface area contributed by atoms with Crippen LogP contribution in [0.4, 0.5) is 23.0 Å². The lowest BCUT2D eigenvalue weighted by molar-refractivity contribution is -0.119. The van der Waals surface area contributed by atoms with E-state index < -0.39 is 0 Å². The van der Waals surface area contributed by atoms with E-state index in [4.69, 9.17) is 5.73 Å². The summed E-state index contributed by atoms with van der Waals surface area (Å²) in [5.41, 5.74) is 17.1. The van der Waals surface area contributed by atoms with Crippen LogP contribution in [0.1, 0.15) is 16.7 Å². The number of anilines is 4. The topological polar surface area (TPSA) is 99.4 Å². The predicted octanol–water partition coefficient (Wildman–Crippen LogP) is 2.69. The number of aryl methyl sites for hydroxylation is 1. The van der Waals surface area contributed by atoms with Gasteiger partial charge in [0.2, 0.25) is 5.91 Å². The van der Waals surface area contributed by atoms with Crippen molar-refractivity contribution in [2.24, 2.45) is 0 Å². The Kier molecular flexibility index (Phi) is 6.39. The third kappa shape index (κ3) is 4.74. The molecule has 8 heteroatoms. The van der Waals surface area contributed by atoms with Crippen molar-refractivity contribution in [3.05, 3.63) is 71.5 Å². The van der Waals surface area contributed by atoms with E-state index in [9.17, 15) is 4.79 Å². The number of rotatable bonds is 6. The molecule has 0 unspecified atom stereocenters. The monoisotopic (exact) mass is 431 g/mol. The van der Waals surface area contributed by atoms with Gasteiger partial charge < -0.3 is 15.5 Å². The van der Waals surface area contributed by atoms with Crippen molar-refractivity contribution in [2.45, 2.75) is 20.3 Å². The minimum Gasteiger partial charge on any atom is -0.393 e. The number of benzene rings is 2. The van der Waals surface area contributed by atoms with Gasteiger partial charge in [-0.25, -0.2) is 9.97 Å². The third-order valence-corrected chi connectivity index (χ3v) is 5.89. The minimum atomic E-state index is -0.169. The second-order valence-electron chi connectivity index (χ2n) is 7.99. The number of aromatic nitrogens is 2. The van der Waals surface area contributed by atoms with Crippen molar-refractivity contribution >= 4 is 28.9 Å². The van der Waals surface area contributed by atoms with Crippen molar-refractivity contribution in [1.82, 2.24) is 15.4 Å². The van der Waals surface area contributed by atoms with Gasteiger partial charge in [-0.3, -0.25) is 15.6 Å². The Bertz CT molecular complexity index is 1080. The van der Waals surface area contributed by atoms with Crippen molar-refractivity contribution in [2.75, 3.05) is 47.1 Å². The number of hydrogen-bond acceptors (Lipinski definition) is 7. The molecule has 0 saturated carbocycles. The van der Waals surface area contributed by atoms with E-state index in [-0.39, 0.29) is 12.3 Å². The van der Waals surface area contributed by atoms with Gasteiger partial charge in [-0.15, -0.1) is 0 Å². The maximum atomic E-state index is 12.2. The summed E-state index contributed by atoms with van der Waals surface area (Å²) in [5.74, 6) is 0.909. The van der Waals surface area contributed by atoms with E-state index >= 15 is 0 Å². The summed E-state index contributed by atoms with van der Waals surface area (Å²) in [4.78, 5) is 25.4. The lowest BCUT2D eigenvalue weighted by atomic mass is 10.1. The highest BCUT2D eigenvalue weighted by Crippen LogP contribution is 2.29. The molecular formula is C24H29N7O. The van der Waals surface area contributed by atoms with Crippen LogP contribution in [-0.4, -0.2) is 42.1 Å². The summed E-state index contributed by atoms with van der Waals surface area (Å²) in [7, 11) is 0. The molecule has 1 fully saturated rings. The summed E-state index contributed by atoms with van der Waals surface area (Å²) >= 11 is 0. The Morgan fingerprint density at radius 3 is 2.44 bits per heavy atom. The molecule has 0 spiro atoms. The highest BCUT2D eigenvalue weighted by atomic mass is 16.2. The molecule has 4 N–H and O–H groups in total. The number of carbonyl (C=O) groups is 1. The lowest BCUT2D eigenvalue weighted by Crippen LogP contribution is -2.47. The van der Waals surface area contributed by atoms with Crippen LogP contribution in [0.25, 0.3) is 0 Å². The van der Waals surface area contributed by atoms with Gasteiger partial charge in [-0.05, 0) is 36.6 Å². The summed E-state index contributed by atoms with van der Waals surface area (Å²) in [6.07, 6.45) is 1.74. The number of piperazine rings is 1. The van der Waals surface area contributed by atoms with Crippen LogP contribution in [0.5, 0.6) is 0 Å². The van der Waals surface area contributed by atoms with Gasteiger partial charge in [0.25, 0.3) is 0 Å². The molecule has 0 atom stereocenters. The molecule has 2 heterocycles. The van der Waals surface area contributed by atoms with E-state index in [0.29, 0.717) is 17.3 Å². The van der Waals surface area contributed by atoms with Crippen LogP contribution in [0, 0.1) is 13.8 Å². The highest BCUT2D eigenvalue weighted by Gasteiger charge is 2.22. The van der Waals surface area contributed by atoms with Crippen molar-refractivity contribution in [3.8, 4) is 0 Å². The molecule has 0 bridgehead atoms. The Labute approximate surface area is 188 Å². The number of nitrogens with one attached hydrogen (secondary N) is 2. The molecule has 1 saturated heterocycles. The van der Waals surface area contributed by atoms with Gasteiger partial charge >= 0.3 is 0 Å². The summed E-state index contributed by atoms with van der Waals surface area (Å²) in [5, 5.41) is 0. The molecule has 4 rings (SSSR count). The normalized spacial score (nSPS) is 13.7. The first-order chi connectivity index (χ1) is 15.5. The first kappa shape index (κ1) is 21.4. The van der Waals surface area contributed by atoms with Gasteiger partial charge in [0.05, 0.1) is 6.42 Å². The van der Waals surface area contributed by atoms with Gasteiger partial charge in [-0.2, -0.15) is 0 Å². The smallest absolute Gasteiger partial charge is 0.242 e. The largest absolute Gasteiger partial charge is 0.393 e. The first-order valence-electron chi connectivity index (χ1n) is 10.8. The molecule has 1 aromatic heterocycles. The van der Waals surface area contributed by atoms with Crippen LogP contribution < -0.4 is 26.4 Å². The molecular weight excluding hydrogens is 402 g/mol. The fraction of sp³-hybridized carbons (Fsp3) is 0.292. The Balaban J connectivity index is 1.37. The zero-order chi connectivity index (χ0) is 22.5. The van der Waals surface area contributed by atoms with Gasteiger partial charge in [0.1, 0.15) is 12.0 Å². The maximum Gasteiger partial charge on any atom is 0.242 e. The minimum absolute atomic E-state index is 0.169. The van der Waals surface area contributed by atoms with E-state index in [1.54, 1.807) is 0 Å². The molecule has 3 aromatic rings. The third-order valence-electron chi connectivity index (χ3n) is 5.89. The van der Waals surface area contributed by atoms with E-state index in [0.717, 1.165) is 31.7 Å². The van der Waals surface area contributed by atoms with Crippen molar-refractivity contribution in [1.29, 1.82) is 0 Å². The number of carbonyl (C=O) groups excluding carboxylic acids is 1. The molecule has 8 nitrogen and oxygen atoms in total. The highest BCUT2D eigenvalue weighted by molar-refractivity contribution is 5.82. The molecule has 166 valence electrons. The summed E-state index contributed by atoms with van der Waals surface area (Å²) < 4.78 is 0. The van der Waals surface area contributed by atoms with E-state index in [1.807, 2.05) is 30.3 Å². The lowest BCUT2D eigenvalue weighted by Gasteiger charge is -2.38. The average Bonchev–Trinajstić information content (AvgIpc) is 2.81. The second kappa shape index (κ2) is 9.55. The van der Waals surface area contributed by atoms with Gasteiger partial charge in [-0.1, -0.05) is 42.5 Å². The van der Waals surface area contributed by atoms with Gasteiger partial charge in [0.15, 0.2) is 11.6 Å². The zero-order valence-electron chi connectivity index (χ0n) is 18.5. The predicted molar refractivity (Wildman–Crippen MR) is 129 cm³/mol. The van der Waals surface area contributed by atoms with Crippen LogP contribution in [0.3, 0.4) is 0 Å². The van der Waals surface area contributed by atoms with Crippen molar-refractivity contribution in [3.63, 3.8) is 0 Å². The molecule has 1 aliphatic heterocycles. The van der Waals surface area contributed by atoms with Gasteiger partial charge in [0, 0.05) is 31.9 Å². The standard InChI is InChI=1S/C24H29N7O/c1-17-7-6-10-20(18(17)2)30-11-13-31(14-12-30)24-22(25)23(26-16-27-24)29-28-21(32)15-19-8-4-3-5-9-19/h3-10,16H,11-15,25H2,1-2H3,(H,28,32)(H,26,27,29). The number of nitrogens with zero attached hydrogens (tertiary/aromatic N) is 4. The molecule has 0 aliphatic carbocycles. The van der Waals surface area contributed by atoms with Crippen LogP contribution in [0.15, 0.2) is 54.9 Å². The second-order valence-corrected chi connectivity index (χ2v) is 7.99. The van der Waals surface area contributed by atoms with Crippen LogP contribution >= 0.6 is 0 Å². The Morgan fingerprint density at radius 2 is 1.69 bits per heavy atom. The Hall–Kier alpha value is -3.81. The van der Waals surface area contributed by atoms with E-state index in [1.165, 1.54) is 23.1 Å². The molecule has 1 aliphatic rings. The fourth-order valence-electron chi connectivity index (χ4n) is 3.93. The number of hydrogen-bond donors (Lipinski definition) is 3. The number of hydrazine groups is 1. The average molecular weight is 432 g/mol. The first-order valence-corrected chi connectivity index (χ1v) is 10.8. The quantitative estimate of drug-likeness (QED) is 0.516. The fourth-order valence-corrected chi connectivity index (χ4v) is 3.93. The number of nitrogen functional groups attached to an aromatic ring is 1. The molecule has 32 heavy (non-hydrogen) atoms. The van der Waals surface area contributed by atoms with Crippen LogP contribution in [0.2, 0.25) is 0 Å². The van der Waals surface area contributed by atoms with E-state index in [2.05, 4.69) is 62.7 Å². The maximum absolute atomic E-state index is 12.2. The molecule has 2 aromatic carbocycles. The molecule has 1 amide bonds. The summed E-state index contributed by atoms with van der Waals surface area (Å²) in [6.45, 7) is 7.67. The zero-order valence-corrected chi connectivity index (χ0v) is 18.5. The van der Waals surface area contributed by atoms with Crippen LogP contribution in [-0.2, 0) is 11.2 Å².